The van der Waals surface area contributed by atoms with Crippen molar-refractivity contribution in [1.29, 1.82) is 0 Å². The molecule has 26 heavy (non-hydrogen) atoms. The number of carbonyl (C=O) groups excluding carboxylic acids is 1. The Morgan fingerprint density at radius 3 is 2.77 bits per heavy atom. The van der Waals surface area contributed by atoms with Gasteiger partial charge in [0.2, 0.25) is 0 Å². The van der Waals surface area contributed by atoms with Crippen LogP contribution in [0.5, 0.6) is 0 Å². The highest BCUT2D eigenvalue weighted by molar-refractivity contribution is 6.31. The molecule has 1 aromatic carbocycles. The fourth-order valence-electron chi connectivity index (χ4n) is 2.84. The van der Waals surface area contributed by atoms with Crippen LogP contribution >= 0.6 is 11.6 Å². The van der Waals surface area contributed by atoms with Crippen molar-refractivity contribution in [3.8, 4) is 11.5 Å². The molecular formula is C18H19ClN6O. The van der Waals surface area contributed by atoms with Gasteiger partial charge in [0, 0.05) is 36.1 Å². The normalized spacial score (nSPS) is 13.1. The van der Waals surface area contributed by atoms with Gasteiger partial charge < -0.3 is 9.47 Å². The van der Waals surface area contributed by atoms with E-state index in [0.717, 1.165) is 11.4 Å². The molecule has 0 saturated carbocycles. The first kappa shape index (κ1) is 18.0. The average molecular weight is 371 g/mol. The van der Waals surface area contributed by atoms with Gasteiger partial charge in [0.25, 0.3) is 5.91 Å². The summed E-state index contributed by atoms with van der Waals surface area (Å²) in [5.41, 5.74) is 2.20. The van der Waals surface area contributed by atoms with Gasteiger partial charge in [0.05, 0.1) is 12.7 Å². The molecule has 0 bridgehead atoms. The molecule has 0 radical (unpaired) electrons. The minimum absolute atomic E-state index is 0. The average Bonchev–Trinajstić information content (AvgIpc) is 3.07. The molecule has 0 N–H and O–H groups in total. The first-order chi connectivity index (χ1) is 12.1. The minimum atomic E-state index is -0.0581. The molecule has 0 saturated heterocycles. The van der Waals surface area contributed by atoms with Gasteiger partial charge >= 0.3 is 0 Å². The van der Waals surface area contributed by atoms with Crippen molar-refractivity contribution in [2.24, 2.45) is 0 Å². The van der Waals surface area contributed by atoms with Crippen LogP contribution in [0.25, 0.3) is 11.5 Å². The van der Waals surface area contributed by atoms with E-state index in [1.54, 1.807) is 35.6 Å². The van der Waals surface area contributed by atoms with Gasteiger partial charge in [-0.2, -0.15) is 0 Å². The van der Waals surface area contributed by atoms with Gasteiger partial charge in [-0.15, -0.1) is 10.2 Å². The lowest BCUT2D eigenvalue weighted by Gasteiger charge is -2.28. The van der Waals surface area contributed by atoms with Gasteiger partial charge in [0.15, 0.2) is 11.6 Å². The number of aromatic nitrogens is 5. The van der Waals surface area contributed by atoms with Gasteiger partial charge in [0.1, 0.15) is 5.69 Å². The second-order valence-electron chi connectivity index (χ2n) is 5.87. The third kappa shape index (κ3) is 3.17. The zero-order valence-electron chi connectivity index (χ0n) is 13.6. The quantitative estimate of drug-likeness (QED) is 0.693. The zero-order chi connectivity index (χ0) is 17.4. The Morgan fingerprint density at radius 2 is 2.04 bits per heavy atom. The van der Waals surface area contributed by atoms with Gasteiger partial charge in [-0.25, -0.2) is 4.98 Å². The van der Waals surface area contributed by atoms with Crippen LogP contribution < -0.4 is 0 Å². The fraction of sp³-hybridized carbons (Fsp3) is 0.278. The second kappa shape index (κ2) is 7.21. The summed E-state index contributed by atoms with van der Waals surface area (Å²) in [6.45, 7) is 3.49. The smallest absolute Gasteiger partial charge is 0.254 e. The number of rotatable bonds is 2. The van der Waals surface area contributed by atoms with E-state index in [2.05, 4.69) is 20.2 Å². The van der Waals surface area contributed by atoms with E-state index in [0.29, 0.717) is 41.7 Å². The summed E-state index contributed by atoms with van der Waals surface area (Å²) in [5, 5.41) is 9.02. The number of carbonyl (C=O) groups is 1. The van der Waals surface area contributed by atoms with E-state index in [9.17, 15) is 4.79 Å². The molecule has 0 unspecified atom stereocenters. The van der Waals surface area contributed by atoms with Gasteiger partial charge in [-0.05, 0) is 24.6 Å². The maximum atomic E-state index is 12.7. The molecule has 1 aliphatic heterocycles. The van der Waals surface area contributed by atoms with E-state index in [1.165, 1.54) is 0 Å². The van der Waals surface area contributed by atoms with E-state index in [-0.39, 0.29) is 13.3 Å². The standard InChI is InChI=1S/C17H15ClN6O.CH4/c1-11-2-3-12(8-13(11)18)17(25)23-6-7-24-15(10-23)21-22-16(24)14-9-19-4-5-20-14;/h2-5,8-9H,6-7,10H2,1H3;1H4. The van der Waals surface area contributed by atoms with E-state index in [4.69, 9.17) is 11.6 Å². The molecule has 3 heterocycles. The Morgan fingerprint density at radius 1 is 1.19 bits per heavy atom. The number of fused-ring (bicyclic) bond motifs is 1. The van der Waals surface area contributed by atoms with Crippen LogP contribution in [0.4, 0.5) is 0 Å². The number of halogens is 1. The number of aryl methyl sites for hydroxylation is 1. The molecule has 0 atom stereocenters. The number of nitrogens with zero attached hydrogens (tertiary/aromatic N) is 6. The molecule has 1 amide bonds. The Labute approximate surface area is 156 Å². The minimum Gasteiger partial charge on any atom is -0.329 e. The Balaban J connectivity index is 0.00000196. The van der Waals surface area contributed by atoms with Crippen molar-refractivity contribution in [3.63, 3.8) is 0 Å². The monoisotopic (exact) mass is 370 g/mol. The summed E-state index contributed by atoms with van der Waals surface area (Å²) >= 11 is 6.14. The third-order valence-electron chi connectivity index (χ3n) is 4.25. The van der Waals surface area contributed by atoms with Crippen LogP contribution in [0.15, 0.2) is 36.8 Å². The lowest BCUT2D eigenvalue weighted by molar-refractivity contribution is 0.0708. The predicted molar refractivity (Wildman–Crippen MR) is 98.7 cm³/mol. The molecule has 1 aliphatic rings. The molecule has 0 fully saturated rings. The van der Waals surface area contributed by atoms with Crippen molar-refractivity contribution >= 4 is 17.5 Å². The summed E-state index contributed by atoms with van der Waals surface area (Å²) in [6, 6.07) is 5.37. The zero-order valence-corrected chi connectivity index (χ0v) is 14.3. The molecule has 3 aromatic rings. The summed E-state index contributed by atoms with van der Waals surface area (Å²) in [7, 11) is 0. The summed E-state index contributed by atoms with van der Waals surface area (Å²) in [6.07, 6.45) is 4.89. The summed E-state index contributed by atoms with van der Waals surface area (Å²) in [5.74, 6) is 1.35. The number of hydrogen-bond acceptors (Lipinski definition) is 5. The molecule has 4 rings (SSSR count). The number of hydrogen-bond donors (Lipinski definition) is 0. The van der Waals surface area contributed by atoms with E-state index in [1.807, 2.05) is 17.6 Å². The van der Waals surface area contributed by atoms with Crippen LogP contribution in [0.2, 0.25) is 5.02 Å². The fourth-order valence-corrected chi connectivity index (χ4v) is 3.02. The maximum Gasteiger partial charge on any atom is 0.254 e. The van der Waals surface area contributed by atoms with Crippen molar-refractivity contribution in [2.75, 3.05) is 6.54 Å². The molecule has 8 heteroatoms. The summed E-state index contributed by atoms with van der Waals surface area (Å²) in [4.78, 5) is 22.8. The maximum absolute atomic E-state index is 12.7. The topological polar surface area (TPSA) is 76.8 Å². The first-order valence-corrected chi connectivity index (χ1v) is 8.25. The van der Waals surface area contributed by atoms with Gasteiger partial charge in [-0.1, -0.05) is 25.1 Å². The van der Waals surface area contributed by atoms with Crippen LogP contribution in [0, 0.1) is 6.92 Å². The Bertz CT molecular complexity index is 940. The highest BCUT2D eigenvalue weighted by Crippen LogP contribution is 2.22. The van der Waals surface area contributed by atoms with E-state index >= 15 is 0 Å². The highest BCUT2D eigenvalue weighted by atomic mass is 35.5. The Kier molecular flexibility index (Phi) is 4.99. The number of amides is 1. The second-order valence-corrected chi connectivity index (χ2v) is 6.28. The lowest BCUT2D eigenvalue weighted by atomic mass is 10.1. The SMILES string of the molecule is C.Cc1ccc(C(=O)N2CCn3c(nnc3-c3cnccn3)C2)cc1Cl. The van der Waals surface area contributed by atoms with Crippen LogP contribution in [0.1, 0.15) is 29.2 Å². The van der Waals surface area contributed by atoms with Gasteiger partial charge in [-0.3, -0.25) is 9.78 Å². The highest BCUT2D eigenvalue weighted by Gasteiger charge is 2.26. The summed E-state index contributed by atoms with van der Waals surface area (Å²) < 4.78 is 1.98. The van der Waals surface area contributed by atoms with Crippen molar-refractivity contribution in [3.05, 3.63) is 58.8 Å². The lowest BCUT2D eigenvalue weighted by Crippen LogP contribution is -2.38. The molecular weight excluding hydrogens is 352 g/mol. The van der Waals surface area contributed by atoms with Crippen LogP contribution in [-0.2, 0) is 13.1 Å². The molecule has 0 aliphatic carbocycles. The molecule has 134 valence electrons. The van der Waals surface area contributed by atoms with Crippen LogP contribution in [-0.4, -0.2) is 42.1 Å². The Hall–Kier alpha value is -2.80. The molecule has 0 spiro atoms. The van der Waals surface area contributed by atoms with Crippen molar-refractivity contribution < 1.29 is 4.79 Å². The largest absolute Gasteiger partial charge is 0.329 e. The predicted octanol–water partition coefficient (Wildman–Crippen LogP) is 2.99. The van der Waals surface area contributed by atoms with Crippen molar-refractivity contribution in [1.82, 2.24) is 29.6 Å². The third-order valence-corrected chi connectivity index (χ3v) is 4.66. The first-order valence-electron chi connectivity index (χ1n) is 7.87. The van der Waals surface area contributed by atoms with Crippen LogP contribution in [0.3, 0.4) is 0 Å². The van der Waals surface area contributed by atoms with Crippen molar-refractivity contribution in [2.45, 2.75) is 27.4 Å². The van der Waals surface area contributed by atoms with E-state index < -0.39 is 0 Å². The molecule has 7 nitrogen and oxygen atoms in total. The molecule has 2 aromatic heterocycles. The number of benzene rings is 1.